The van der Waals surface area contributed by atoms with Crippen LogP contribution < -0.4 is 10.1 Å². The van der Waals surface area contributed by atoms with Crippen molar-refractivity contribution in [3.63, 3.8) is 0 Å². The van der Waals surface area contributed by atoms with E-state index >= 15 is 0 Å². The molecule has 0 aliphatic heterocycles. The molecule has 1 atom stereocenters. The first kappa shape index (κ1) is 16.6. The summed E-state index contributed by atoms with van der Waals surface area (Å²) in [5.41, 5.74) is -0.324. The maximum Gasteiger partial charge on any atom is 0.344 e. The van der Waals surface area contributed by atoms with Crippen LogP contribution in [-0.4, -0.2) is 37.8 Å². The van der Waals surface area contributed by atoms with Gasteiger partial charge in [-0.3, -0.25) is 0 Å². The maximum absolute atomic E-state index is 13.6. The summed E-state index contributed by atoms with van der Waals surface area (Å²) in [4.78, 5) is 19.1. The molecule has 130 valence electrons. The van der Waals surface area contributed by atoms with Crippen LogP contribution in [0.5, 0.6) is 5.88 Å². The molecular formula is C15H13F2N5O3. The smallest absolute Gasteiger partial charge is 0.344 e. The number of nitrogens with one attached hydrogen (secondary N) is 1. The van der Waals surface area contributed by atoms with Gasteiger partial charge in [0.25, 0.3) is 0 Å². The monoisotopic (exact) mass is 349 g/mol. The Bertz CT molecular complexity index is 960. The number of anilines is 1. The van der Waals surface area contributed by atoms with Crippen molar-refractivity contribution >= 4 is 17.4 Å². The number of rotatable bonds is 5. The first-order chi connectivity index (χ1) is 11.9. The van der Waals surface area contributed by atoms with E-state index < -0.39 is 29.3 Å². The summed E-state index contributed by atoms with van der Waals surface area (Å²) < 4.78 is 33.2. The van der Waals surface area contributed by atoms with Crippen LogP contribution in [0, 0.1) is 11.8 Å². The second kappa shape index (κ2) is 6.30. The van der Waals surface area contributed by atoms with Crippen molar-refractivity contribution in [1.29, 1.82) is 0 Å². The summed E-state index contributed by atoms with van der Waals surface area (Å²) in [5.74, 6) is -2.63. The number of carboxylic acid groups (broad SMARTS) is 1. The van der Waals surface area contributed by atoms with E-state index in [1.807, 2.05) is 0 Å². The van der Waals surface area contributed by atoms with Gasteiger partial charge in [-0.15, -0.1) is 5.10 Å². The minimum Gasteiger partial charge on any atom is -0.481 e. The molecule has 8 nitrogen and oxygen atoms in total. The van der Waals surface area contributed by atoms with E-state index in [1.54, 1.807) is 6.92 Å². The van der Waals surface area contributed by atoms with Gasteiger partial charge in [-0.05, 0) is 19.1 Å². The SMILES string of the molecule is COc1ncc(F)cc1[C@@H](C)Nc1ccn2nc(F)c(C(=O)O)c2n1. The molecular weight excluding hydrogens is 336 g/mol. The van der Waals surface area contributed by atoms with Gasteiger partial charge in [0.15, 0.2) is 11.2 Å². The molecule has 0 aliphatic carbocycles. The van der Waals surface area contributed by atoms with Gasteiger partial charge >= 0.3 is 5.97 Å². The lowest BCUT2D eigenvalue weighted by molar-refractivity contribution is 0.0693. The lowest BCUT2D eigenvalue weighted by Crippen LogP contribution is -2.11. The number of hydrogen-bond donors (Lipinski definition) is 2. The van der Waals surface area contributed by atoms with Crippen LogP contribution >= 0.6 is 0 Å². The Labute approximate surface area is 140 Å². The highest BCUT2D eigenvalue weighted by Crippen LogP contribution is 2.26. The van der Waals surface area contributed by atoms with Crippen molar-refractivity contribution in [2.45, 2.75) is 13.0 Å². The molecule has 3 aromatic rings. The largest absolute Gasteiger partial charge is 0.481 e. The van der Waals surface area contributed by atoms with Crippen LogP contribution in [0.25, 0.3) is 5.65 Å². The van der Waals surface area contributed by atoms with Gasteiger partial charge in [0, 0.05) is 11.8 Å². The van der Waals surface area contributed by atoms with Crippen LogP contribution in [-0.2, 0) is 0 Å². The van der Waals surface area contributed by atoms with Gasteiger partial charge in [0.1, 0.15) is 11.6 Å². The number of aromatic nitrogens is 4. The lowest BCUT2D eigenvalue weighted by atomic mass is 10.1. The fraction of sp³-hybridized carbons (Fsp3) is 0.200. The average molecular weight is 349 g/mol. The fourth-order valence-corrected chi connectivity index (χ4v) is 2.39. The minimum absolute atomic E-state index is 0.147. The van der Waals surface area contributed by atoms with Crippen LogP contribution in [0.3, 0.4) is 0 Å². The highest BCUT2D eigenvalue weighted by molar-refractivity contribution is 5.94. The number of ether oxygens (including phenoxy) is 1. The van der Waals surface area contributed by atoms with E-state index in [1.165, 1.54) is 25.4 Å². The molecule has 0 amide bonds. The third-order valence-electron chi connectivity index (χ3n) is 3.53. The summed E-state index contributed by atoms with van der Waals surface area (Å²) in [6.07, 6.45) is 2.40. The zero-order chi connectivity index (χ0) is 18.1. The number of fused-ring (bicyclic) bond motifs is 1. The summed E-state index contributed by atoms with van der Waals surface area (Å²) in [6.45, 7) is 1.72. The van der Waals surface area contributed by atoms with E-state index in [-0.39, 0.29) is 17.3 Å². The van der Waals surface area contributed by atoms with Crippen molar-refractivity contribution < 1.29 is 23.4 Å². The number of carbonyl (C=O) groups is 1. The third kappa shape index (κ3) is 3.05. The summed E-state index contributed by atoms with van der Waals surface area (Å²) in [6, 6.07) is 2.29. The Morgan fingerprint density at radius 2 is 2.20 bits per heavy atom. The summed E-state index contributed by atoms with van der Waals surface area (Å²) in [7, 11) is 1.41. The van der Waals surface area contributed by atoms with Crippen molar-refractivity contribution in [1.82, 2.24) is 19.6 Å². The molecule has 0 radical (unpaired) electrons. The Kier molecular flexibility index (Phi) is 4.17. The first-order valence-electron chi connectivity index (χ1n) is 7.15. The molecule has 0 saturated heterocycles. The van der Waals surface area contributed by atoms with Crippen LogP contribution in [0.4, 0.5) is 14.6 Å². The van der Waals surface area contributed by atoms with E-state index in [0.717, 1.165) is 10.7 Å². The highest BCUT2D eigenvalue weighted by Gasteiger charge is 2.21. The number of carboxylic acids is 1. The van der Waals surface area contributed by atoms with Crippen LogP contribution in [0.1, 0.15) is 28.9 Å². The summed E-state index contributed by atoms with van der Waals surface area (Å²) >= 11 is 0. The molecule has 10 heteroatoms. The molecule has 0 fully saturated rings. The summed E-state index contributed by atoms with van der Waals surface area (Å²) in [5, 5.41) is 15.5. The van der Waals surface area contributed by atoms with Gasteiger partial charge in [-0.25, -0.2) is 23.7 Å². The second-order valence-corrected chi connectivity index (χ2v) is 5.17. The number of methoxy groups -OCH3 is 1. The third-order valence-corrected chi connectivity index (χ3v) is 3.53. The van der Waals surface area contributed by atoms with Gasteiger partial charge in [0.2, 0.25) is 11.8 Å². The molecule has 0 bridgehead atoms. The van der Waals surface area contributed by atoms with Crippen molar-refractivity contribution in [2.75, 3.05) is 12.4 Å². The van der Waals surface area contributed by atoms with E-state index in [9.17, 15) is 13.6 Å². The molecule has 0 spiro atoms. The molecule has 0 unspecified atom stereocenters. The topological polar surface area (TPSA) is 102 Å². The van der Waals surface area contributed by atoms with Gasteiger partial charge in [-0.1, -0.05) is 0 Å². The molecule has 3 rings (SSSR count). The Morgan fingerprint density at radius 1 is 1.44 bits per heavy atom. The second-order valence-electron chi connectivity index (χ2n) is 5.17. The van der Waals surface area contributed by atoms with Gasteiger partial charge in [-0.2, -0.15) is 4.39 Å². The van der Waals surface area contributed by atoms with E-state index in [4.69, 9.17) is 9.84 Å². The first-order valence-corrected chi connectivity index (χ1v) is 7.15. The molecule has 25 heavy (non-hydrogen) atoms. The van der Waals surface area contributed by atoms with Crippen molar-refractivity contribution in [3.8, 4) is 5.88 Å². The average Bonchev–Trinajstić information content (AvgIpc) is 2.90. The molecule has 0 aromatic carbocycles. The molecule has 2 N–H and O–H groups in total. The van der Waals surface area contributed by atoms with Gasteiger partial charge < -0.3 is 15.2 Å². The number of pyridine rings is 1. The maximum atomic E-state index is 13.6. The van der Waals surface area contributed by atoms with Crippen LogP contribution in [0.2, 0.25) is 0 Å². The van der Waals surface area contributed by atoms with Crippen molar-refractivity contribution in [3.05, 3.63) is 47.4 Å². The van der Waals surface area contributed by atoms with Crippen LogP contribution in [0.15, 0.2) is 24.5 Å². The standard InChI is InChI=1S/C15H13F2N5O3/c1-7(9-5-8(16)6-18-14(9)25-2)19-10-3-4-22-13(20-10)11(15(23)24)12(17)21-22/h3-7H,1-2H3,(H,19,20)(H,23,24)/t7-/m1/s1. The number of aromatic carboxylic acids is 1. The number of halogens is 2. The molecule has 3 heterocycles. The normalized spacial score (nSPS) is 12.2. The fourth-order valence-electron chi connectivity index (χ4n) is 2.39. The Hall–Kier alpha value is -3.30. The lowest BCUT2D eigenvalue weighted by Gasteiger charge is -2.17. The zero-order valence-electron chi connectivity index (χ0n) is 13.2. The van der Waals surface area contributed by atoms with E-state index in [2.05, 4.69) is 20.4 Å². The van der Waals surface area contributed by atoms with Gasteiger partial charge in [0.05, 0.1) is 19.3 Å². The molecule has 0 aliphatic rings. The highest BCUT2D eigenvalue weighted by atomic mass is 19.1. The van der Waals surface area contributed by atoms with Crippen molar-refractivity contribution in [2.24, 2.45) is 0 Å². The predicted molar refractivity (Wildman–Crippen MR) is 82.7 cm³/mol. The Morgan fingerprint density at radius 3 is 2.88 bits per heavy atom. The number of nitrogens with zero attached hydrogens (tertiary/aromatic N) is 4. The minimum atomic E-state index is -1.47. The Balaban J connectivity index is 1.96. The number of hydrogen-bond acceptors (Lipinski definition) is 6. The quantitative estimate of drug-likeness (QED) is 0.728. The van der Waals surface area contributed by atoms with E-state index in [0.29, 0.717) is 5.56 Å². The zero-order valence-corrected chi connectivity index (χ0v) is 13.2. The molecule has 3 aromatic heterocycles. The molecule has 0 saturated carbocycles. The predicted octanol–water partition coefficient (Wildman–Crippen LogP) is 2.28.